The first-order valence-corrected chi connectivity index (χ1v) is 5.70. The Balaban J connectivity index is 2.34. The maximum Gasteiger partial charge on any atom is 0.227 e. The van der Waals surface area contributed by atoms with Gasteiger partial charge in [-0.15, -0.1) is 0 Å². The van der Waals surface area contributed by atoms with Gasteiger partial charge in [0.2, 0.25) is 5.95 Å². The number of benzene rings is 1. The third kappa shape index (κ3) is 2.72. The molecule has 0 bridgehead atoms. The number of nitrogens with zero attached hydrogens (tertiary/aromatic N) is 2. The standard InChI is InChI=1S/C11H8ClFN4S/c12-6-2-1-3-7(13)9(6)17-11-15-5-4-8(16-11)10(14)18/h1-5H,(H2,14,18)(H,15,16,17). The molecule has 92 valence electrons. The monoisotopic (exact) mass is 282 g/mol. The zero-order valence-electron chi connectivity index (χ0n) is 9.02. The fourth-order valence-corrected chi connectivity index (χ4v) is 1.61. The van der Waals surface area contributed by atoms with Crippen LogP contribution in [0.15, 0.2) is 30.5 Å². The van der Waals surface area contributed by atoms with Gasteiger partial charge in [0.1, 0.15) is 16.5 Å². The molecular formula is C11H8ClFN4S. The Kier molecular flexibility index (Phi) is 3.69. The Labute approximate surface area is 113 Å². The molecule has 4 nitrogen and oxygen atoms in total. The highest BCUT2D eigenvalue weighted by molar-refractivity contribution is 7.80. The van der Waals surface area contributed by atoms with E-state index in [1.165, 1.54) is 18.3 Å². The van der Waals surface area contributed by atoms with Crippen molar-refractivity contribution in [3.8, 4) is 0 Å². The summed E-state index contributed by atoms with van der Waals surface area (Å²) in [6.07, 6.45) is 1.47. The summed E-state index contributed by atoms with van der Waals surface area (Å²) in [5.74, 6) is -0.320. The van der Waals surface area contributed by atoms with Crippen LogP contribution >= 0.6 is 23.8 Å². The van der Waals surface area contributed by atoms with Crippen molar-refractivity contribution in [3.63, 3.8) is 0 Å². The van der Waals surface area contributed by atoms with E-state index in [4.69, 9.17) is 29.6 Å². The quantitative estimate of drug-likeness (QED) is 0.848. The predicted octanol–water partition coefficient (Wildman–Crippen LogP) is 2.65. The van der Waals surface area contributed by atoms with E-state index >= 15 is 0 Å². The zero-order chi connectivity index (χ0) is 13.1. The molecule has 0 fully saturated rings. The lowest BCUT2D eigenvalue weighted by atomic mass is 10.3. The van der Waals surface area contributed by atoms with Crippen LogP contribution in [0.4, 0.5) is 16.0 Å². The summed E-state index contributed by atoms with van der Waals surface area (Å²) in [7, 11) is 0. The van der Waals surface area contributed by atoms with Crippen LogP contribution in [0.5, 0.6) is 0 Å². The minimum absolute atomic E-state index is 0.110. The van der Waals surface area contributed by atoms with Crippen molar-refractivity contribution in [1.82, 2.24) is 9.97 Å². The summed E-state index contributed by atoms with van der Waals surface area (Å²) >= 11 is 10.7. The Morgan fingerprint density at radius 3 is 2.83 bits per heavy atom. The number of aromatic nitrogens is 2. The number of hydrogen-bond acceptors (Lipinski definition) is 4. The zero-order valence-corrected chi connectivity index (χ0v) is 10.6. The van der Waals surface area contributed by atoms with Crippen LogP contribution in [0, 0.1) is 5.82 Å². The number of halogens is 2. The van der Waals surface area contributed by atoms with Crippen LogP contribution in [0.1, 0.15) is 5.69 Å². The maximum atomic E-state index is 13.5. The van der Waals surface area contributed by atoms with E-state index in [1.54, 1.807) is 12.1 Å². The maximum absolute atomic E-state index is 13.5. The van der Waals surface area contributed by atoms with E-state index in [0.717, 1.165) is 0 Å². The van der Waals surface area contributed by atoms with Gasteiger partial charge in [-0.25, -0.2) is 14.4 Å². The molecule has 7 heteroatoms. The summed E-state index contributed by atoms with van der Waals surface area (Å²) < 4.78 is 13.5. The van der Waals surface area contributed by atoms with Crippen molar-refractivity contribution >= 4 is 40.4 Å². The highest BCUT2D eigenvalue weighted by Crippen LogP contribution is 2.26. The van der Waals surface area contributed by atoms with Gasteiger partial charge in [0.05, 0.1) is 10.7 Å². The van der Waals surface area contributed by atoms with E-state index in [1.807, 2.05) is 0 Å². The lowest BCUT2D eigenvalue weighted by Gasteiger charge is -2.08. The van der Waals surface area contributed by atoms with Crippen LogP contribution in [0.25, 0.3) is 0 Å². The first kappa shape index (κ1) is 12.7. The number of anilines is 2. The average Bonchev–Trinajstić information content (AvgIpc) is 2.34. The molecular weight excluding hydrogens is 275 g/mol. The van der Waals surface area contributed by atoms with Crippen molar-refractivity contribution in [2.75, 3.05) is 5.32 Å². The van der Waals surface area contributed by atoms with Crippen molar-refractivity contribution in [1.29, 1.82) is 0 Å². The molecule has 2 rings (SSSR count). The van der Waals surface area contributed by atoms with E-state index in [9.17, 15) is 4.39 Å². The molecule has 0 spiro atoms. The summed E-state index contributed by atoms with van der Waals surface area (Å²) in [6, 6.07) is 5.92. The fourth-order valence-electron chi connectivity index (χ4n) is 1.29. The lowest BCUT2D eigenvalue weighted by Crippen LogP contribution is -2.13. The molecule has 0 saturated carbocycles. The fraction of sp³-hybridized carbons (Fsp3) is 0. The minimum Gasteiger partial charge on any atom is -0.388 e. The number of para-hydroxylation sites is 1. The molecule has 0 saturated heterocycles. The van der Waals surface area contributed by atoms with E-state index < -0.39 is 5.82 Å². The second kappa shape index (κ2) is 5.24. The molecule has 1 aromatic carbocycles. The first-order valence-electron chi connectivity index (χ1n) is 4.92. The molecule has 2 aromatic rings. The average molecular weight is 283 g/mol. The molecule has 0 aliphatic carbocycles. The van der Waals surface area contributed by atoms with Crippen LogP contribution < -0.4 is 11.1 Å². The molecule has 0 aliphatic heterocycles. The van der Waals surface area contributed by atoms with E-state index in [2.05, 4.69) is 15.3 Å². The van der Waals surface area contributed by atoms with Gasteiger partial charge < -0.3 is 11.1 Å². The van der Waals surface area contributed by atoms with Crippen molar-refractivity contribution < 1.29 is 4.39 Å². The summed E-state index contributed by atoms with van der Waals surface area (Å²) in [6.45, 7) is 0. The Bertz CT molecular complexity index is 585. The van der Waals surface area contributed by atoms with E-state index in [-0.39, 0.29) is 21.6 Å². The number of nitrogens with one attached hydrogen (secondary N) is 1. The van der Waals surface area contributed by atoms with E-state index in [0.29, 0.717) is 5.69 Å². The lowest BCUT2D eigenvalue weighted by molar-refractivity contribution is 0.631. The number of rotatable bonds is 3. The Morgan fingerprint density at radius 2 is 2.17 bits per heavy atom. The highest BCUT2D eigenvalue weighted by atomic mass is 35.5. The van der Waals surface area contributed by atoms with Gasteiger partial charge in [0.25, 0.3) is 0 Å². The van der Waals surface area contributed by atoms with Gasteiger partial charge in [-0.2, -0.15) is 0 Å². The van der Waals surface area contributed by atoms with Crippen molar-refractivity contribution in [2.45, 2.75) is 0 Å². The molecule has 0 radical (unpaired) electrons. The van der Waals surface area contributed by atoms with Crippen LogP contribution in [0.2, 0.25) is 5.02 Å². The normalized spacial score (nSPS) is 10.1. The number of nitrogens with two attached hydrogens (primary N) is 1. The number of thiocarbonyl (C=S) groups is 1. The molecule has 3 N–H and O–H groups in total. The largest absolute Gasteiger partial charge is 0.388 e. The summed E-state index contributed by atoms with van der Waals surface area (Å²) in [5, 5.41) is 2.93. The first-order chi connectivity index (χ1) is 8.58. The second-order valence-corrected chi connectivity index (χ2v) is 4.20. The molecule has 0 atom stereocenters. The van der Waals surface area contributed by atoms with Gasteiger partial charge >= 0.3 is 0 Å². The molecule has 18 heavy (non-hydrogen) atoms. The topological polar surface area (TPSA) is 63.8 Å². The molecule has 1 heterocycles. The van der Waals surface area contributed by atoms with Gasteiger partial charge in [-0.05, 0) is 18.2 Å². The second-order valence-electron chi connectivity index (χ2n) is 3.35. The summed E-state index contributed by atoms with van der Waals surface area (Å²) in [4.78, 5) is 8.11. The third-order valence-corrected chi connectivity index (χ3v) is 2.63. The van der Waals surface area contributed by atoms with Crippen LogP contribution in [-0.2, 0) is 0 Å². The smallest absolute Gasteiger partial charge is 0.227 e. The van der Waals surface area contributed by atoms with Crippen molar-refractivity contribution in [2.24, 2.45) is 5.73 Å². The van der Waals surface area contributed by atoms with Crippen LogP contribution in [-0.4, -0.2) is 15.0 Å². The molecule has 1 aromatic heterocycles. The van der Waals surface area contributed by atoms with Gasteiger partial charge in [-0.3, -0.25) is 0 Å². The number of hydrogen-bond donors (Lipinski definition) is 2. The van der Waals surface area contributed by atoms with Crippen LogP contribution in [0.3, 0.4) is 0 Å². The third-order valence-electron chi connectivity index (χ3n) is 2.11. The van der Waals surface area contributed by atoms with Gasteiger partial charge in [-0.1, -0.05) is 29.9 Å². The van der Waals surface area contributed by atoms with Gasteiger partial charge in [0.15, 0.2) is 0 Å². The highest BCUT2D eigenvalue weighted by Gasteiger charge is 2.09. The summed E-state index contributed by atoms with van der Waals surface area (Å²) in [5.41, 5.74) is 5.96. The van der Waals surface area contributed by atoms with Gasteiger partial charge in [0, 0.05) is 6.20 Å². The molecule has 0 aliphatic rings. The molecule has 0 amide bonds. The predicted molar refractivity (Wildman–Crippen MR) is 72.6 cm³/mol. The SMILES string of the molecule is NC(=S)c1ccnc(Nc2c(F)cccc2Cl)n1. The molecule has 0 unspecified atom stereocenters. The Hall–Kier alpha value is -1.79. The van der Waals surface area contributed by atoms with Crippen molar-refractivity contribution in [3.05, 3.63) is 47.0 Å². The minimum atomic E-state index is -0.494. The Morgan fingerprint density at radius 1 is 1.39 bits per heavy atom.